The Hall–Kier alpha value is -1.45. The summed E-state index contributed by atoms with van der Waals surface area (Å²) in [7, 11) is 0. The highest BCUT2D eigenvalue weighted by Gasteiger charge is 2.28. The minimum atomic E-state index is -0.131. The van der Waals surface area contributed by atoms with Gasteiger partial charge < -0.3 is 5.32 Å². The molecule has 0 bridgehead atoms. The van der Waals surface area contributed by atoms with Crippen molar-refractivity contribution in [3.8, 4) is 0 Å². The van der Waals surface area contributed by atoms with Crippen LogP contribution in [-0.2, 0) is 0 Å². The molecule has 0 radical (unpaired) electrons. The highest BCUT2D eigenvalue weighted by molar-refractivity contribution is 5.90. The average Bonchev–Trinajstić information content (AvgIpc) is 3.16. The van der Waals surface area contributed by atoms with Gasteiger partial charge in [0.25, 0.3) is 5.91 Å². The molecule has 0 unspecified atom stereocenters. The maximum atomic E-state index is 12.9. The van der Waals surface area contributed by atoms with E-state index in [2.05, 4.69) is 22.2 Å². The molecule has 1 amide bonds. The fraction of sp³-hybridized carbons (Fsp3) is 0.773. The number of nitrogens with one attached hydrogen (secondary N) is 1. The zero-order chi connectivity index (χ0) is 18.2. The highest BCUT2D eigenvalue weighted by atomic mass is 16.2. The third-order valence-corrected chi connectivity index (χ3v) is 6.28. The fourth-order valence-electron chi connectivity index (χ4n) is 4.60. The van der Waals surface area contributed by atoms with Gasteiger partial charge in [-0.05, 0) is 38.7 Å². The van der Waals surface area contributed by atoms with Crippen LogP contribution in [0.15, 0.2) is 12.3 Å². The molecule has 0 aromatic carbocycles. The first-order chi connectivity index (χ1) is 12.7. The SMILES string of the molecule is CC1(NC(=O)c2nccc(C3CCCC3)n2)CCCCCCCCCC1. The Balaban J connectivity index is 1.65. The van der Waals surface area contributed by atoms with E-state index in [1.807, 2.05) is 6.07 Å². The van der Waals surface area contributed by atoms with Gasteiger partial charge in [0, 0.05) is 23.3 Å². The molecule has 4 nitrogen and oxygen atoms in total. The van der Waals surface area contributed by atoms with Crippen molar-refractivity contribution in [3.63, 3.8) is 0 Å². The summed E-state index contributed by atoms with van der Waals surface area (Å²) in [6.45, 7) is 2.21. The van der Waals surface area contributed by atoms with Gasteiger partial charge in [-0.3, -0.25) is 4.79 Å². The lowest BCUT2D eigenvalue weighted by Crippen LogP contribution is -2.46. The molecule has 3 rings (SSSR count). The van der Waals surface area contributed by atoms with Crippen molar-refractivity contribution in [2.24, 2.45) is 0 Å². The van der Waals surface area contributed by atoms with Crippen LogP contribution >= 0.6 is 0 Å². The van der Waals surface area contributed by atoms with Crippen LogP contribution in [0.4, 0.5) is 0 Å². The lowest BCUT2D eigenvalue weighted by molar-refractivity contribution is 0.0881. The quantitative estimate of drug-likeness (QED) is 0.773. The first-order valence-corrected chi connectivity index (χ1v) is 10.8. The predicted molar refractivity (Wildman–Crippen MR) is 105 cm³/mol. The van der Waals surface area contributed by atoms with Gasteiger partial charge in [0.1, 0.15) is 0 Å². The van der Waals surface area contributed by atoms with E-state index >= 15 is 0 Å². The zero-order valence-corrected chi connectivity index (χ0v) is 16.4. The molecule has 2 saturated carbocycles. The third kappa shape index (κ3) is 5.52. The molecule has 1 aromatic rings. The summed E-state index contributed by atoms with van der Waals surface area (Å²) < 4.78 is 0. The standard InChI is InChI=1S/C22H35N3O/c1-22(15-10-6-4-2-3-5-7-11-16-22)25-21(26)20-23-17-14-19(24-20)18-12-8-9-13-18/h14,17-18H,2-13,15-16H2,1H3,(H,25,26). The molecule has 144 valence electrons. The van der Waals surface area contributed by atoms with Gasteiger partial charge in [0.15, 0.2) is 0 Å². The van der Waals surface area contributed by atoms with E-state index in [0.717, 1.165) is 18.5 Å². The Bertz CT molecular complexity index is 569. The minimum absolute atomic E-state index is 0.0952. The summed E-state index contributed by atoms with van der Waals surface area (Å²) in [6, 6.07) is 1.99. The molecule has 2 aliphatic rings. The van der Waals surface area contributed by atoms with Gasteiger partial charge in [-0.1, -0.05) is 64.2 Å². The van der Waals surface area contributed by atoms with Crippen molar-refractivity contribution in [1.29, 1.82) is 0 Å². The molecule has 1 heterocycles. The Labute approximate surface area is 158 Å². The van der Waals surface area contributed by atoms with Gasteiger partial charge in [-0.15, -0.1) is 0 Å². The number of nitrogens with zero attached hydrogens (tertiary/aromatic N) is 2. The van der Waals surface area contributed by atoms with Crippen LogP contribution in [0.2, 0.25) is 0 Å². The van der Waals surface area contributed by atoms with Crippen LogP contribution < -0.4 is 5.32 Å². The van der Waals surface area contributed by atoms with Crippen molar-refractivity contribution in [1.82, 2.24) is 15.3 Å². The number of rotatable bonds is 3. The van der Waals surface area contributed by atoms with Crippen molar-refractivity contribution < 1.29 is 4.79 Å². The molecule has 0 saturated heterocycles. The first-order valence-electron chi connectivity index (χ1n) is 10.8. The second-order valence-electron chi connectivity index (χ2n) is 8.63. The number of carbonyl (C=O) groups excluding carboxylic acids is 1. The van der Waals surface area contributed by atoms with Crippen molar-refractivity contribution >= 4 is 5.91 Å². The maximum Gasteiger partial charge on any atom is 0.289 e. The number of carbonyl (C=O) groups is 1. The van der Waals surface area contributed by atoms with Crippen molar-refractivity contribution in [2.45, 2.75) is 108 Å². The number of aromatic nitrogens is 2. The lowest BCUT2D eigenvalue weighted by Gasteiger charge is -2.31. The smallest absolute Gasteiger partial charge is 0.289 e. The second-order valence-corrected chi connectivity index (χ2v) is 8.63. The zero-order valence-electron chi connectivity index (χ0n) is 16.4. The van der Waals surface area contributed by atoms with E-state index < -0.39 is 0 Å². The monoisotopic (exact) mass is 357 g/mol. The summed E-state index contributed by atoms with van der Waals surface area (Å²) in [5, 5.41) is 3.30. The Morgan fingerprint density at radius 3 is 2.15 bits per heavy atom. The molecule has 2 aliphatic carbocycles. The summed E-state index contributed by atoms with van der Waals surface area (Å²) in [5.74, 6) is 0.768. The number of hydrogen-bond acceptors (Lipinski definition) is 3. The van der Waals surface area contributed by atoms with Crippen LogP contribution in [0.3, 0.4) is 0 Å². The Morgan fingerprint density at radius 1 is 0.962 bits per heavy atom. The molecule has 0 aliphatic heterocycles. The van der Waals surface area contributed by atoms with Crippen LogP contribution in [0.5, 0.6) is 0 Å². The Kier molecular flexibility index (Phi) is 7.04. The molecule has 2 fully saturated rings. The maximum absolute atomic E-state index is 12.9. The Morgan fingerprint density at radius 2 is 1.54 bits per heavy atom. The van der Waals surface area contributed by atoms with E-state index in [9.17, 15) is 4.79 Å². The van der Waals surface area contributed by atoms with E-state index in [4.69, 9.17) is 0 Å². The topological polar surface area (TPSA) is 54.9 Å². The van der Waals surface area contributed by atoms with E-state index in [-0.39, 0.29) is 11.4 Å². The van der Waals surface area contributed by atoms with E-state index in [0.29, 0.717) is 11.7 Å². The summed E-state index contributed by atoms with van der Waals surface area (Å²) in [5.41, 5.74) is 0.920. The molecule has 0 spiro atoms. The van der Waals surface area contributed by atoms with E-state index in [1.165, 1.54) is 77.0 Å². The summed E-state index contributed by atoms with van der Waals surface area (Å²) in [4.78, 5) is 21.8. The number of amides is 1. The largest absolute Gasteiger partial charge is 0.344 e. The lowest BCUT2D eigenvalue weighted by atomic mass is 9.88. The van der Waals surface area contributed by atoms with Gasteiger partial charge in [0.2, 0.25) is 5.82 Å². The van der Waals surface area contributed by atoms with Gasteiger partial charge >= 0.3 is 0 Å². The summed E-state index contributed by atoms with van der Waals surface area (Å²) >= 11 is 0. The first kappa shape index (κ1) is 19.3. The second kappa shape index (κ2) is 9.48. The van der Waals surface area contributed by atoms with Gasteiger partial charge in [0.05, 0.1) is 0 Å². The molecular weight excluding hydrogens is 322 g/mol. The van der Waals surface area contributed by atoms with Crippen molar-refractivity contribution in [2.75, 3.05) is 0 Å². The van der Waals surface area contributed by atoms with Gasteiger partial charge in [-0.2, -0.15) is 0 Å². The third-order valence-electron chi connectivity index (χ3n) is 6.28. The highest BCUT2D eigenvalue weighted by Crippen LogP contribution is 2.32. The molecule has 4 heteroatoms. The molecule has 1 N–H and O–H groups in total. The average molecular weight is 358 g/mol. The van der Waals surface area contributed by atoms with Crippen LogP contribution in [0.25, 0.3) is 0 Å². The molecular formula is C22H35N3O. The van der Waals surface area contributed by atoms with Gasteiger partial charge in [-0.25, -0.2) is 9.97 Å². The van der Waals surface area contributed by atoms with E-state index in [1.54, 1.807) is 6.20 Å². The van der Waals surface area contributed by atoms with Crippen LogP contribution in [0.1, 0.15) is 119 Å². The minimum Gasteiger partial charge on any atom is -0.344 e. The normalized spacial score (nSPS) is 22.5. The predicted octanol–water partition coefficient (Wildman–Crippen LogP) is 5.54. The summed E-state index contributed by atoms with van der Waals surface area (Å²) in [6.07, 6.45) is 19.1. The van der Waals surface area contributed by atoms with Crippen LogP contribution in [-0.4, -0.2) is 21.4 Å². The van der Waals surface area contributed by atoms with Crippen LogP contribution in [0, 0.1) is 0 Å². The van der Waals surface area contributed by atoms with Crippen molar-refractivity contribution in [3.05, 3.63) is 23.8 Å². The molecule has 26 heavy (non-hydrogen) atoms. The molecule has 0 atom stereocenters. The molecule has 1 aromatic heterocycles. The fourth-order valence-corrected chi connectivity index (χ4v) is 4.60. The number of hydrogen-bond donors (Lipinski definition) is 1.